The number of nitrogens with one attached hydrogen (secondary N) is 1. The monoisotopic (exact) mass is 261 g/mol. The van der Waals surface area contributed by atoms with Crippen LogP contribution in [-0.4, -0.2) is 17.6 Å². The number of nitrogen functional groups attached to an aromatic ring is 1. The first kappa shape index (κ1) is 12.1. The fraction of sp³-hybridized carbons (Fsp3) is 0.500. The van der Waals surface area contributed by atoms with Crippen LogP contribution in [0.1, 0.15) is 26.7 Å². The first-order valence-corrected chi connectivity index (χ1v) is 6.73. The number of hydrogen-bond donors (Lipinski definition) is 2. The highest BCUT2D eigenvalue weighted by Gasteiger charge is 2.26. The van der Waals surface area contributed by atoms with E-state index in [-0.39, 0.29) is 0 Å². The number of oxazole rings is 1. The average Bonchev–Trinajstić information content (AvgIpc) is 3.07. The Morgan fingerprint density at radius 1 is 1.47 bits per heavy atom. The Morgan fingerprint density at radius 2 is 2.21 bits per heavy atom. The van der Waals surface area contributed by atoms with Crippen molar-refractivity contribution in [3.05, 3.63) is 22.7 Å². The van der Waals surface area contributed by atoms with Crippen LogP contribution in [0.4, 0.5) is 11.4 Å². The number of H-pyrrole nitrogens is 1. The average molecular weight is 261 g/mol. The molecule has 0 radical (unpaired) electrons. The predicted octanol–water partition coefficient (Wildman–Crippen LogP) is 2.33. The summed E-state index contributed by atoms with van der Waals surface area (Å²) in [6.07, 6.45) is 2.60. The van der Waals surface area contributed by atoms with Gasteiger partial charge in [-0.2, -0.15) is 0 Å². The second-order valence-electron chi connectivity index (χ2n) is 5.61. The van der Waals surface area contributed by atoms with E-state index in [1.807, 2.05) is 6.07 Å². The minimum atomic E-state index is -0.440. The summed E-state index contributed by atoms with van der Waals surface area (Å²) in [7, 11) is 0. The van der Waals surface area contributed by atoms with E-state index in [2.05, 4.69) is 23.7 Å². The standard InChI is InChI=1S/C14H19N3O2/c1-8(2)17(7-9-3-4-9)12-6-11-13(5-10(12)15)19-14(18)16-11/h5-6,8-9H,3-4,7,15H2,1-2H3,(H,16,18). The van der Waals surface area contributed by atoms with Crippen LogP contribution in [-0.2, 0) is 0 Å². The van der Waals surface area contributed by atoms with Gasteiger partial charge in [-0.15, -0.1) is 0 Å². The van der Waals surface area contributed by atoms with Crippen LogP contribution in [0.2, 0.25) is 0 Å². The Labute approximate surface area is 111 Å². The molecule has 2 aromatic rings. The molecule has 1 aliphatic carbocycles. The highest BCUT2D eigenvalue weighted by molar-refractivity contribution is 5.85. The smallest absolute Gasteiger partial charge is 0.408 e. The first-order valence-electron chi connectivity index (χ1n) is 6.73. The van der Waals surface area contributed by atoms with Gasteiger partial charge in [-0.3, -0.25) is 4.98 Å². The summed E-state index contributed by atoms with van der Waals surface area (Å²) in [4.78, 5) is 16.2. The van der Waals surface area contributed by atoms with E-state index < -0.39 is 5.76 Å². The van der Waals surface area contributed by atoms with E-state index in [1.54, 1.807) is 6.07 Å². The van der Waals surface area contributed by atoms with Gasteiger partial charge in [0.05, 0.1) is 16.9 Å². The Morgan fingerprint density at radius 3 is 2.84 bits per heavy atom. The molecule has 1 aliphatic rings. The molecule has 19 heavy (non-hydrogen) atoms. The Hall–Kier alpha value is -1.91. The van der Waals surface area contributed by atoms with Crippen molar-refractivity contribution in [3.63, 3.8) is 0 Å². The lowest BCUT2D eigenvalue weighted by Gasteiger charge is -2.30. The van der Waals surface area contributed by atoms with Crippen molar-refractivity contribution in [2.75, 3.05) is 17.2 Å². The third-order valence-electron chi connectivity index (χ3n) is 3.65. The molecule has 3 N–H and O–H groups in total. The van der Waals surface area contributed by atoms with E-state index in [4.69, 9.17) is 10.2 Å². The van der Waals surface area contributed by atoms with E-state index in [1.165, 1.54) is 12.8 Å². The van der Waals surface area contributed by atoms with Gasteiger partial charge >= 0.3 is 5.76 Å². The molecule has 1 aromatic heterocycles. The number of aromatic amines is 1. The van der Waals surface area contributed by atoms with Gasteiger partial charge in [0, 0.05) is 18.7 Å². The normalized spacial score (nSPS) is 15.3. The maximum Gasteiger partial charge on any atom is 0.417 e. The lowest BCUT2D eigenvalue weighted by Crippen LogP contribution is -2.33. The van der Waals surface area contributed by atoms with Crippen molar-refractivity contribution in [1.29, 1.82) is 0 Å². The summed E-state index contributed by atoms with van der Waals surface area (Å²) in [5.41, 5.74) is 8.97. The highest BCUT2D eigenvalue weighted by Crippen LogP contribution is 2.35. The third-order valence-corrected chi connectivity index (χ3v) is 3.65. The fourth-order valence-electron chi connectivity index (χ4n) is 2.42. The van der Waals surface area contributed by atoms with Crippen LogP contribution in [0.15, 0.2) is 21.3 Å². The van der Waals surface area contributed by atoms with Crippen molar-refractivity contribution in [3.8, 4) is 0 Å². The van der Waals surface area contributed by atoms with Crippen molar-refractivity contribution in [2.24, 2.45) is 5.92 Å². The molecule has 1 aromatic carbocycles. The quantitative estimate of drug-likeness (QED) is 0.828. The summed E-state index contributed by atoms with van der Waals surface area (Å²) in [6.45, 7) is 5.34. The topological polar surface area (TPSA) is 75.3 Å². The number of nitrogens with two attached hydrogens (primary N) is 1. The van der Waals surface area contributed by atoms with Gasteiger partial charge in [0.25, 0.3) is 0 Å². The Bertz CT molecular complexity index is 652. The Kier molecular flexibility index (Phi) is 2.77. The van der Waals surface area contributed by atoms with Crippen LogP contribution in [0.25, 0.3) is 11.1 Å². The van der Waals surface area contributed by atoms with Gasteiger partial charge in [0.15, 0.2) is 5.58 Å². The molecule has 1 saturated carbocycles. The second-order valence-corrected chi connectivity index (χ2v) is 5.61. The Balaban J connectivity index is 2.04. The summed E-state index contributed by atoms with van der Waals surface area (Å²) in [5.74, 6) is 0.339. The second kappa shape index (κ2) is 4.33. The number of aromatic nitrogens is 1. The highest BCUT2D eigenvalue weighted by atomic mass is 16.4. The number of nitrogens with zero attached hydrogens (tertiary/aromatic N) is 1. The summed E-state index contributed by atoms with van der Waals surface area (Å²) >= 11 is 0. The summed E-state index contributed by atoms with van der Waals surface area (Å²) < 4.78 is 5.03. The molecule has 0 spiro atoms. The number of anilines is 2. The van der Waals surface area contributed by atoms with Crippen molar-refractivity contribution in [1.82, 2.24) is 4.98 Å². The van der Waals surface area contributed by atoms with Gasteiger partial charge in [-0.05, 0) is 38.7 Å². The van der Waals surface area contributed by atoms with Gasteiger partial charge in [0.1, 0.15) is 0 Å². The van der Waals surface area contributed by atoms with Crippen molar-refractivity contribution in [2.45, 2.75) is 32.7 Å². The number of rotatable bonds is 4. The molecule has 5 heteroatoms. The molecule has 0 saturated heterocycles. The van der Waals surface area contributed by atoms with Crippen LogP contribution in [0.3, 0.4) is 0 Å². The molecule has 0 unspecified atom stereocenters. The third kappa shape index (κ3) is 2.32. The molecule has 1 fully saturated rings. The molecule has 0 amide bonds. The maximum atomic E-state index is 11.2. The van der Waals surface area contributed by atoms with Gasteiger partial charge in [0.2, 0.25) is 0 Å². The lowest BCUT2D eigenvalue weighted by molar-refractivity contribution is 0.555. The van der Waals surface area contributed by atoms with Crippen LogP contribution < -0.4 is 16.4 Å². The van der Waals surface area contributed by atoms with Crippen LogP contribution >= 0.6 is 0 Å². The first-order chi connectivity index (χ1) is 9.04. The number of fused-ring (bicyclic) bond motifs is 1. The minimum Gasteiger partial charge on any atom is -0.408 e. The van der Waals surface area contributed by atoms with Gasteiger partial charge in [-0.25, -0.2) is 4.79 Å². The zero-order chi connectivity index (χ0) is 13.6. The molecular weight excluding hydrogens is 242 g/mol. The van der Waals surface area contributed by atoms with Crippen molar-refractivity contribution >= 4 is 22.5 Å². The molecule has 3 rings (SSSR count). The molecular formula is C14H19N3O2. The summed E-state index contributed by atoms with van der Waals surface area (Å²) in [6, 6.07) is 4.02. The van der Waals surface area contributed by atoms with Crippen LogP contribution in [0.5, 0.6) is 0 Å². The summed E-state index contributed by atoms with van der Waals surface area (Å²) in [5, 5.41) is 0. The van der Waals surface area contributed by atoms with Gasteiger partial charge in [-0.1, -0.05) is 0 Å². The lowest BCUT2D eigenvalue weighted by atomic mass is 10.1. The van der Waals surface area contributed by atoms with E-state index in [9.17, 15) is 4.79 Å². The van der Waals surface area contributed by atoms with Crippen LogP contribution in [0, 0.1) is 5.92 Å². The minimum absolute atomic E-state index is 0.374. The van der Waals surface area contributed by atoms with E-state index in [0.717, 1.165) is 18.2 Å². The predicted molar refractivity (Wildman–Crippen MR) is 76.5 cm³/mol. The molecule has 0 bridgehead atoms. The molecule has 1 heterocycles. The van der Waals surface area contributed by atoms with Crippen molar-refractivity contribution < 1.29 is 4.42 Å². The molecule has 5 nitrogen and oxygen atoms in total. The van der Waals surface area contributed by atoms with Gasteiger partial charge < -0.3 is 15.1 Å². The molecule has 0 atom stereocenters. The SMILES string of the molecule is CC(C)N(CC1CC1)c1cc2[nH]c(=O)oc2cc1N. The maximum absolute atomic E-state index is 11.2. The van der Waals surface area contributed by atoms with E-state index >= 15 is 0 Å². The fourth-order valence-corrected chi connectivity index (χ4v) is 2.42. The zero-order valence-electron chi connectivity index (χ0n) is 11.3. The number of benzene rings is 1. The molecule has 0 aliphatic heterocycles. The number of hydrogen-bond acceptors (Lipinski definition) is 4. The molecule has 102 valence electrons. The van der Waals surface area contributed by atoms with E-state index in [0.29, 0.717) is 22.8 Å². The largest absolute Gasteiger partial charge is 0.417 e. The zero-order valence-corrected chi connectivity index (χ0v) is 11.3.